The highest BCUT2D eigenvalue weighted by atomic mass is 79.9. The molecule has 0 spiro atoms. The number of hydrogen-bond acceptors (Lipinski definition) is 5. The molecule has 5 nitrogen and oxygen atoms in total. The Morgan fingerprint density at radius 3 is 2.89 bits per heavy atom. The number of methoxy groups -OCH3 is 1. The van der Waals surface area contributed by atoms with Crippen molar-refractivity contribution in [1.29, 1.82) is 0 Å². The first kappa shape index (κ1) is 13.3. The van der Waals surface area contributed by atoms with Crippen molar-refractivity contribution in [2.45, 2.75) is 0 Å². The van der Waals surface area contributed by atoms with Gasteiger partial charge in [0.2, 0.25) is 9.47 Å². The summed E-state index contributed by atoms with van der Waals surface area (Å²) in [6, 6.07) is 5.22. The summed E-state index contributed by atoms with van der Waals surface area (Å²) in [5, 5.41) is 10.1. The van der Waals surface area contributed by atoms with Crippen LogP contribution in [0.25, 0.3) is 0 Å². The molecule has 0 aliphatic rings. The van der Waals surface area contributed by atoms with E-state index in [0.717, 1.165) is 15.8 Å². The van der Waals surface area contributed by atoms with Crippen LogP contribution < -0.4 is 10.1 Å². The number of carbonyl (C=O) groups excluding carboxylic acids is 1. The highest BCUT2D eigenvalue weighted by molar-refractivity contribution is 9.10. The summed E-state index contributed by atoms with van der Waals surface area (Å²) in [6.45, 7) is 0. The zero-order valence-electron chi connectivity index (χ0n) is 9.11. The third-order valence-corrected chi connectivity index (χ3v) is 3.68. The van der Waals surface area contributed by atoms with Crippen molar-refractivity contribution in [2.24, 2.45) is 0 Å². The van der Waals surface area contributed by atoms with E-state index in [0.29, 0.717) is 11.4 Å². The topological polar surface area (TPSA) is 64.1 Å². The van der Waals surface area contributed by atoms with Gasteiger partial charge in [0.05, 0.1) is 11.6 Å². The lowest BCUT2D eigenvalue weighted by Gasteiger charge is -2.07. The van der Waals surface area contributed by atoms with Gasteiger partial charge in [-0.25, -0.2) is 0 Å². The van der Waals surface area contributed by atoms with E-state index < -0.39 is 0 Å². The molecule has 0 saturated heterocycles. The molecular formula is C10H7BrClN3O2S. The van der Waals surface area contributed by atoms with E-state index in [1.54, 1.807) is 25.3 Å². The standard InChI is InChI=1S/C10H7BrClN3O2S/c1-17-7-4-5(2-3-6(7)11)13-8(16)9-14-15-10(12)18-9/h2-4H,1H3,(H,13,16). The first-order valence-corrected chi connectivity index (χ1v) is 6.73. The Bertz CT molecular complexity index is 590. The molecule has 0 aliphatic carbocycles. The number of halogens is 2. The maximum Gasteiger partial charge on any atom is 0.286 e. The Hall–Kier alpha value is -1.18. The van der Waals surface area contributed by atoms with Crippen LogP contribution in [0.4, 0.5) is 5.69 Å². The minimum Gasteiger partial charge on any atom is -0.495 e. The third kappa shape index (κ3) is 2.98. The number of benzene rings is 1. The van der Waals surface area contributed by atoms with Crippen LogP contribution in [0.15, 0.2) is 22.7 Å². The van der Waals surface area contributed by atoms with E-state index in [1.807, 2.05) is 0 Å². The second-order valence-corrected chi connectivity index (χ2v) is 5.58. The van der Waals surface area contributed by atoms with Crippen LogP contribution in [0.2, 0.25) is 4.47 Å². The lowest BCUT2D eigenvalue weighted by atomic mass is 10.3. The zero-order valence-corrected chi connectivity index (χ0v) is 12.3. The van der Waals surface area contributed by atoms with Crippen LogP contribution in [0.1, 0.15) is 9.80 Å². The minimum atomic E-state index is -0.358. The van der Waals surface area contributed by atoms with Gasteiger partial charge in [-0.15, -0.1) is 10.2 Å². The molecule has 8 heteroatoms. The molecule has 0 saturated carbocycles. The number of rotatable bonds is 3. The maximum atomic E-state index is 11.8. The summed E-state index contributed by atoms with van der Waals surface area (Å²) in [5.74, 6) is 0.270. The molecule has 1 aromatic carbocycles. The maximum absolute atomic E-state index is 11.8. The molecule has 1 amide bonds. The largest absolute Gasteiger partial charge is 0.495 e. The number of carbonyl (C=O) groups is 1. The van der Waals surface area contributed by atoms with Gasteiger partial charge in [0, 0.05) is 11.8 Å². The van der Waals surface area contributed by atoms with Crippen molar-refractivity contribution < 1.29 is 9.53 Å². The van der Waals surface area contributed by atoms with Gasteiger partial charge in [0.15, 0.2) is 0 Å². The van der Waals surface area contributed by atoms with Crippen LogP contribution in [-0.2, 0) is 0 Å². The van der Waals surface area contributed by atoms with Gasteiger partial charge < -0.3 is 10.1 Å². The van der Waals surface area contributed by atoms with Crippen molar-refractivity contribution in [3.8, 4) is 5.75 Å². The fourth-order valence-corrected chi connectivity index (χ4v) is 2.35. The third-order valence-electron chi connectivity index (χ3n) is 2.00. The van der Waals surface area contributed by atoms with Crippen molar-refractivity contribution in [1.82, 2.24) is 10.2 Å². The van der Waals surface area contributed by atoms with Gasteiger partial charge in [-0.2, -0.15) is 0 Å². The number of nitrogens with zero attached hydrogens (tertiary/aromatic N) is 2. The molecule has 0 bridgehead atoms. The van der Waals surface area contributed by atoms with Gasteiger partial charge in [0.1, 0.15) is 5.75 Å². The lowest BCUT2D eigenvalue weighted by molar-refractivity contribution is 0.102. The molecule has 18 heavy (non-hydrogen) atoms. The van der Waals surface area contributed by atoms with Crippen LogP contribution >= 0.6 is 38.9 Å². The summed E-state index contributed by atoms with van der Waals surface area (Å²) in [4.78, 5) is 11.8. The molecule has 2 aromatic rings. The number of nitrogens with one attached hydrogen (secondary N) is 1. The Balaban J connectivity index is 2.16. The first-order valence-electron chi connectivity index (χ1n) is 4.74. The van der Waals surface area contributed by atoms with E-state index in [1.165, 1.54) is 0 Å². The highest BCUT2D eigenvalue weighted by Gasteiger charge is 2.12. The summed E-state index contributed by atoms with van der Waals surface area (Å²) in [5.41, 5.74) is 0.603. The van der Waals surface area contributed by atoms with E-state index in [9.17, 15) is 4.79 Å². The molecule has 1 aromatic heterocycles. The first-order chi connectivity index (χ1) is 8.60. The van der Waals surface area contributed by atoms with Crippen molar-refractivity contribution >= 4 is 50.5 Å². The molecule has 0 fully saturated rings. The van der Waals surface area contributed by atoms with Crippen LogP contribution in [0.3, 0.4) is 0 Å². The fourth-order valence-electron chi connectivity index (χ4n) is 1.22. The molecule has 0 unspecified atom stereocenters. The second kappa shape index (κ2) is 5.64. The summed E-state index contributed by atoms with van der Waals surface area (Å²) in [7, 11) is 1.55. The Morgan fingerprint density at radius 2 is 2.28 bits per heavy atom. The molecule has 0 atom stereocenters. The Morgan fingerprint density at radius 1 is 1.50 bits per heavy atom. The van der Waals surface area contributed by atoms with Gasteiger partial charge >= 0.3 is 0 Å². The zero-order chi connectivity index (χ0) is 13.1. The average Bonchev–Trinajstić information content (AvgIpc) is 2.78. The number of amides is 1. The predicted octanol–water partition coefficient (Wildman–Crippen LogP) is 3.21. The lowest BCUT2D eigenvalue weighted by Crippen LogP contribution is -2.11. The van der Waals surface area contributed by atoms with Crippen LogP contribution in [0.5, 0.6) is 5.75 Å². The highest BCUT2D eigenvalue weighted by Crippen LogP contribution is 2.28. The molecule has 0 radical (unpaired) electrons. The molecule has 1 N–H and O–H groups in total. The average molecular weight is 349 g/mol. The van der Waals surface area contributed by atoms with Crippen molar-refractivity contribution in [3.63, 3.8) is 0 Å². The second-order valence-electron chi connectivity index (χ2n) is 3.16. The van der Waals surface area contributed by atoms with Gasteiger partial charge in [-0.1, -0.05) is 11.3 Å². The molecule has 94 valence electrons. The van der Waals surface area contributed by atoms with Gasteiger partial charge in [-0.3, -0.25) is 4.79 Å². The summed E-state index contributed by atoms with van der Waals surface area (Å²) < 4.78 is 6.17. The summed E-state index contributed by atoms with van der Waals surface area (Å²) >= 11 is 9.96. The number of ether oxygens (including phenoxy) is 1. The smallest absolute Gasteiger partial charge is 0.286 e. The molecular weight excluding hydrogens is 342 g/mol. The Labute approximate surface area is 120 Å². The minimum absolute atomic E-state index is 0.210. The normalized spacial score (nSPS) is 10.2. The Kier molecular flexibility index (Phi) is 4.15. The SMILES string of the molecule is COc1cc(NC(=O)c2nnc(Cl)s2)ccc1Br. The molecule has 1 heterocycles. The van der Waals surface area contributed by atoms with Crippen molar-refractivity contribution in [3.05, 3.63) is 32.1 Å². The van der Waals surface area contributed by atoms with Gasteiger partial charge in [-0.05, 0) is 39.7 Å². The fraction of sp³-hybridized carbons (Fsp3) is 0.100. The number of anilines is 1. The molecule has 2 rings (SSSR count). The number of hydrogen-bond donors (Lipinski definition) is 1. The monoisotopic (exact) mass is 347 g/mol. The van der Waals surface area contributed by atoms with Crippen molar-refractivity contribution in [2.75, 3.05) is 12.4 Å². The molecule has 0 aliphatic heterocycles. The van der Waals surface area contributed by atoms with E-state index in [4.69, 9.17) is 16.3 Å². The van der Waals surface area contributed by atoms with E-state index in [-0.39, 0.29) is 15.4 Å². The van der Waals surface area contributed by atoms with Crippen LogP contribution in [-0.4, -0.2) is 23.2 Å². The number of aromatic nitrogens is 2. The summed E-state index contributed by atoms with van der Waals surface area (Å²) in [6.07, 6.45) is 0. The van der Waals surface area contributed by atoms with Gasteiger partial charge in [0.25, 0.3) is 5.91 Å². The van der Waals surface area contributed by atoms with E-state index >= 15 is 0 Å². The van der Waals surface area contributed by atoms with E-state index in [2.05, 4.69) is 31.4 Å². The predicted molar refractivity (Wildman–Crippen MR) is 73.6 cm³/mol. The van der Waals surface area contributed by atoms with Crippen LogP contribution in [0, 0.1) is 0 Å². The quantitative estimate of drug-likeness (QED) is 0.925.